The highest BCUT2D eigenvalue weighted by atomic mass is 16.4. The first-order valence-electron chi connectivity index (χ1n) is 8.25. The average molecular weight is 362 g/mol. The topological polar surface area (TPSA) is 104 Å². The third kappa shape index (κ3) is 4.66. The zero-order valence-electron chi connectivity index (χ0n) is 14.9. The molecule has 27 heavy (non-hydrogen) atoms. The van der Waals surface area contributed by atoms with E-state index in [9.17, 15) is 9.59 Å². The zero-order valence-corrected chi connectivity index (χ0v) is 14.9. The molecule has 7 nitrogen and oxygen atoms in total. The van der Waals surface area contributed by atoms with Crippen LogP contribution in [0, 0.1) is 6.92 Å². The summed E-state index contributed by atoms with van der Waals surface area (Å²) in [5, 5.41) is 15.2. The Hall–Kier alpha value is -3.74. The monoisotopic (exact) mass is 362 g/mol. The number of carbonyl (C=O) groups excluding carboxylic acids is 1. The van der Waals surface area contributed by atoms with Gasteiger partial charge in [0.15, 0.2) is 5.78 Å². The summed E-state index contributed by atoms with van der Waals surface area (Å²) in [6.07, 6.45) is 0. The Bertz CT molecular complexity index is 1000. The van der Waals surface area contributed by atoms with E-state index in [0.29, 0.717) is 28.7 Å². The molecular weight excluding hydrogens is 344 g/mol. The van der Waals surface area contributed by atoms with Crippen LogP contribution in [0.5, 0.6) is 0 Å². The molecule has 0 spiro atoms. The van der Waals surface area contributed by atoms with Crippen LogP contribution in [0.3, 0.4) is 0 Å². The molecule has 0 atom stereocenters. The van der Waals surface area contributed by atoms with Crippen molar-refractivity contribution in [2.45, 2.75) is 13.8 Å². The van der Waals surface area contributed by atoms with Crippen LogP contribution in [0.15, 0.2) is 54.6 Å². The number of Topliss-reactive ketones (excluding diaryl/α,β-unsaturated/α-hetero) is 1. The van der Waals surface area contributed by atoms with Gasteiger partial charge in [0.2, 0.25) is 5.95 Å². The Labute approximate surface area is 156 Å². The fourth-order valence-corrected chi connectivity index (χ4v) is 2.48. The van der Waals surface area contributed by atoms with Gasteiger partial charge >= 0.3 is 5.97 Å². The highest BCUT2D eigenvalue weighted by Gasteiger charge is 2.07. The molecule has 0 unspecified atom stereocenters. The lowest BCUT2D eigenvalue weighted by atomic mass is 10.1. The van der Waals surface area contributed by atoms with Gasteiger partial charge in [0.1, 0.15) is 5.82 Å². The Balaban J connectivity index is 1.80. The molecule has 0 aliphatic carbocycles. The van der Waals surface area contributed by atoms with Gasteiger partial charge in [0.25, 0.3) is 0 Å². The van der Waals surface area contributed by atoms with Crippen molar-refractivity contribution in [1.82, 2.24) is 9.97 Å². The second-order valence-electron chi connectivity index (χ2n) is 5.99. The fourth-order valence-electron chi connectivity index (χ4n) is 2.48. The number of hydrogen-bond acceptors (Lipinski definition) is 6. The molecule has 7 heteroatoms. The summed E-state index contributed by atoms with van der Waals surface area (Å²) in [5.41, 5.74) is 2.99. The van der Waals surface area contributed by atoms with Gasteiger partial charge in [-0.25, -0.2) is 9.78 Å². The highest BCUT2D eigenvalue weighted by Crippen LogP contribution is 2.20. The summed E-state index contributed by atoms with van der Waals surface area (Å²) in [6, 6.07) is 15.3. The molecule has 3 N–H and O–H groups in total. The molecule has 0 bridgehead atoms. The fraction of sp³-hybridized carbons (Fsp3) is 0.100. The number of aryl methyl sites for hydroxylation is 1. The normalized spacial score (nSPS) is 10.3. The second-order valence-corrected chi connectivity index (χ2v) is 5.99. The van der Waals surface area contributed by atoms with Crippen molar-refractivity contribution in [1.29, 1.82) is 0 Å². The van der Waals surface area contributed by atoms with Crippen LogP contribution in [-0.4, -0.2) is 26.8 Å². The molecule has 0 fully saturated rings. The van der Waals surface area contributed by atoms with E-state index in [4.69, 9.17) is 5.11 Å². The second kappa shape index (κ2) is 7.65. The van der Waals surface area contributed by atoms with Crippen molar-refractivity contribution >= 4 is 34.9 Å². The third-order valence-electron chi connectivity index (χ3n) is 3.78. The number of hydrogen-bond donors (Lipinski definition) is 3. The first-order chi connectivity index (χ1) is 12.9. The Kier molecular flexibility index (Phi) is 5.12. The van der Waals surface area contributed by atoms with E-state index < -0.39 is 5.97 Å². The molecule has 3 rings (SSSR count). The number of carboxylic acid groups (broad SMARTS) is 1. The van der Waals surface area contributed by atoms with Crippen LogP contribution in [0.2, 0.25) is 0 Å². The quantitative estimate of drug-likeness (QED) is 0.565. The van der Waals surface area contributed by atoms with Crippen molar-refractivity contribution in [3.8, 4) is 0 Å². The number of aromatic nitrogens is 2. The summed E-state index contributed by atoms with van der Waals surface area (Å²) in [6.45, 7) is 3.36. The van der Waals surface area contributed by atoms with Gasteiger partial charge in [-0.3, -0.25) is 4.79 Å². The predicted octanol–water partition coefficient (Wildman–Crippen LogP) is 4.17. The summed E-state index contributed by atoms with van der Waals surface area (Å²) < 4.78 is 0. The van der Waals surface area contributed by atoms with Crippen molar-refractivity contribution in [3.63, 3.8) is 0 Å². The number of nitrogens with zero attached hydrogens (tertiary/aromatic N) is 2. The van der Waals surface area contributed by atoms with Crippen LogP contribution in [-0.2, 0) is 0 Å². The number of carboxylic acids is 1. The van der Waals surface area contributed by atoms with E-state index in [0.717, 1.165) is 5.69 Å². The molecule has 2 aromatic carbocycles. The molecule has 0 aliphatic rings. The minimum atomic E-state index is -0.973. The van der Waals surface area contributed by atoms with Crippen LogP contribution in [0.1, 0.15) is 33.3 Å². The summed E-state index contributed by atoms with van der Waals surface area (Å²) >= 11 is 0. The summed E-state index contributed by atoms with van der Waals surface area (Å²) in [4.78, 5) is 31.2. The lowest BCUT2D eigenvalue weighted by Crippen LogP contribution is -2.03. The van der Waals surface area contributed by atoms with Gasteiger partial charge in [-0.2, -0.15) is 4.98 Å². The largest absolute Gasteiger partial charge is 0.478 e. The number of aromatic carboxylic acids is 1. The van der Waals surface area contributed by atoms with Crippen molar-refractivity contribution in [3.05, 3.63) is 71.4 Å². The number of ketones is 1. The summed E-state index contributed by atoms with van der Waals surface area (Å²) in [5.74, 6) is -0.0363. The first-order valence-corrected chi connectivity index (χ1v) is 8.25. The van der Waals surface area contributed by atoms with E-state index >= 15 is 0 Å². The van der Waals surface area contributed by atoms with Crippen molar-refractivity contribution in [2.75, 3.05) is 10.6 Å². The van der Waals surface area contributed by atoms with E-state index in [1.807, 2.05) is 13.0 Å². The van der Waals surface area contributed by atoms with E-state index in [1.54, 1.807) is 36.4 Å². The number of anilines is 4. The van der Waals surface area contributed by atoms with Crippen molar-refractivity contribution < 1.29 is 14.7 Å². The molecule has 0 aliphatic heterocycles. The van der Waals surface area contributed by atoms with E-state index in [2.05, 4.69) is 20.6 Å². The molecule has 1 aromatic heterocycles. The molecule has 0 amide bonds. The van der Waals surface area contributed by atoms with Gasteiger partial charge in [0, 0.05) is 28.7 Å². The molecule has 0 saturated heterocycles. The van der Waals surface area contributed by atoms with Gasteiger partial charge in [-0.1, -0.05) is 12.1 Å². The standard InChI is InChI=1S/C20H18N4O3/c1-12-10-18(22-16-8-6-14(7-9-16)19(26)27)24-20(21-12)23-17-5-3-4-15(11-17)13(2)25/h3-11H,1-2H3,(H,26,27)(H2,21,22,23,24). The molecule has 0 saturated carbocycles. The van der Waals surface area contributed by atoms with Crippen molar-refractivity contribution in [2.24, 2.45) is 0 Å². The van der Waals surface area contributed by atoms with Crippen LogP contribution in [0.4, 0.5) is 23.1 Å². The minimum Gasteiger partial charge on any atom is -0.478 e. The molecule has 136 valence electrons. The number of nitrogens with one attached hydrogen (secondary N) is 2. The zero-order chi connectivity index (χ0) is 19.4. The van der Waals surface area contributed by atoms with Crippen LogP contribution < -0.4 is 10.6 Å². The number of rotatable bonds is 6. The molecular formula is C20H18N4O3. The molecule has 0 radical (unpaired) electrons. The smallest absolute Gasteiger partial charge is 0.335 e. The number of carbonyl (C=O) groups is 2. The minimum absolute atomic E-state index is 0.0176. The maximum absolute atomic E-state index is 11.5. The molecule has 1 heterocycles. The van der Waals surface area contributed by atoms with E-state index in [-0.39, 0.29) is 11.3 Å². The van der Waals surface area contributed by atoms with Gasteiger partial charge in [-0.05, 0) is 50.2 Å². The lowest BCUT2D eigenvalue weighted by molar-refractivity contribution is 0.0696. The first kappa shape index (κ1) is 18.1. The third-order valence-corrected chi connectivity index (χ3v) is 3.78. The SMILES string of the molecule is CC(=O)c1cccc(Nc2nc(C)cc(Nc3ccc(C(=O)O)cc3)n2)c1. The number of benzene rings is 2. The van der Waals surface area contributed by atoms with E-state index in [1.165, 1.54) is 19.1 Å². The van der Waals surface area contributed by atoms with Crippen LogP contribution in [0.25, 0.3) is 0 Å². The maximum atomic E-state index is 11.5. The Morgan fingerprint density at radius 3 is 2.30 bits per heavy atom. The average Bonchev–Trinajstić information content (AvgIpc) is 2.62. The van der Waals surface area contributed by atoms with Gasteiger partial charge < -0.3 is 15.7 Å². The lowest BCUT2D eigenvalue weighted by Gasteiger charge is -2.10. The van der Waals surface area contributed by atoms with Gasteiger partial charge in [0.05, 0.1) is 5.56 Å². The van der Waals surface area contributed by atoms with Gasteiger partial charge in [-0.15, -0.1) is 0 Å². The maximum Gasteiger partial charge on any atom is 0.335 e. The Morgan fingerprint density at radius 2 is 1.63 bits per heavy atom. The summed E-state index contributed by atoms with van der Waals surface area (Å²) in [7, 11) is 0. The Morgan fingerprint density at radius 1 is 0.889 bits per heavy atom. The van der Waals surface area contributed by atoms with Crippen LogP contribution >= 0.6 is 0 Å². The molecule has 3 aromatic rings. The predicted molar refractivity (Wildman–Crippen MR) is 103 cm³/mol. The highest BCUT2D eigenvalue weighted by molar-refractivity contribution is 5.95.